The second-order valence-corrected chi connectivity index (χ2v) is 5.63. The summed E-state index contributed by atoms with van der Waals surface area (Å²) < 4.78 is 0. The number of pyridine rings is 1. The maximum Gasteiger partial charge on any atom is 0.356 e. The summed E-state index contributed by atoms with van der Waals surface area (Å²) in [6.45, 7) is 3.91. The molecule has 5 nitrogen and oxygen atoms in total. The zero-order valence-electron chi connectivity index (χ0n) is 11.3. The third-order valence-electron chi connectivity index (χ3n) is 3.59. The number of nitrogens with zero attached hydrogens (tertiary/aromatic N) is 3. The first-order valence-corrected chi connectivity index (χ1v) is 6.59. The molecule has 0 saturated carbocycles. The molecule has 0 radical (unpaired) electrons. The summed E-state index contributed by atoms with van der Waals surface area (Å²) in [7, 11) is 4.12. The first-order valence-electron chi connectivity index (χ1n) is 6.21. The number of anilines is 1. The van der Waals surface area contributed by atoms with Crippen molar-refractivity contribution in [1.29, 1.82) is 0 Å². The molecule has 2 atom stereocenters. The van der Waals surface area contributed by atoms with Crippen molar-refractivity contribution in [3.63, 3.8) is 0 Å². The van der Waals surface area contributed by atoms with Gasteiger partial charge in [-0.2, -0.15) is 0 Å². The van der Waals surface area contributed by atoms with Crippen molar-refractivity contribution in [2.24, 2.45) is 5.92 Å². The topological polar surface area (TPSA) is 56.7 Å². The highest BCUT2D eigenvalue weighted by atomic mass is 35.5. The van der Waals surface area contributed by atoms with Crippen molar-refractivity contribution in [2.75, 3.05) is 32.1 Å². The highest BCUT2D eigenvalue weighted by Crippen LogP contribution is 2.26. The normalized spacial score (nSPS) is 23.1. The Hall–Kier alpha value is -1.33. The van der Waals surface area contributed by atoms with Crippen LogP contribution in [-0.4, -0.2) is 54.2 Å². The van der Waals surface area contributed by atoms with Gasteiger partial charge in [0.1, 0.15) is 5.82 Å². The second kappa shape index (κ2) is 5.35. The number of rotatable bonds is 3. The summed E-state index contributed by atoms with van der Waals surface area (Å²) in [5.41, 5.74) is -0.0832. The minimum absolute atomic E-state index is 0.0832. The molecule has 19 heavy (non-hydrogen) atoms. The molecule has 1 aliphatic rings. The fraction of sp³-hybridized carbons (Fsp3) is 0.538. The number of halogens is 1. The van der Waals surface area contributed by atoms with Gasteiger partial charge < -0.3 is 14.9 Å². The van der Waals surface area contributed by atoms with Crippen LogP contribution in [-0.2, 0) is 0 Å². The standard InChI is InChI=1S/C13H18ClN3O2/c1-8-6-17(7-10(8)16(2)3)11-5-4-9(14)12(15-11)13(18)19/h4-5,8,10H,6-7H2,1-3H3,(H,18,19). The highest BCUT2D eigenvalue weighted by molar-refractivity contribution is 6.33. The van der Waals surface area contributed by atoms with Crippen LogP contribution in [0.1, 0.15) is 17.4 Å². The van der Waals surface area contributed by atoms with E-state index in [1.807, 2.05) is 0 Å². The molecule has 2 unspecified atom stereocenters. The molecule has 0 amide bonds. The molecule has 6 heteroatoms. The van der Waals surface area contributed by atoms with Crippen LogP contribution in [0.5, 0.6) is 0 Å². The van der Waals surface area contributed by atoms with Crippen LogP contribution in [0.4, 0.5) is 5.82 Å². The number of carboxylic acid groups (broad SMARTS) is 1. The second-order valence-electron chi connectivity index (χ2n) is 5.22. The van der Waals surface area contributed by atoms with Crippen LogP contribution in [0.25, 0.3) is 0 Å². The van der Waals surface area contributed by atoms with E-state index < -0.39 is 5.97 Å². The molecule has 0 spiro atoms. The third-order valence-corrected chi connectivity index (χ3v) is 3.90. The van der Waals surface area contributed by atoms with Gasteiger partial charge in [0.25, 0.3) is 0 Å². The Morgan fingerprint density at radius 1 is 1.47 bits per heavy atom. The minimum atomic E-state index is -1.09. The Labute approximate surface area is 117 Å². The number of hydrogen-bond donors (Lipinski definition) is 1. The Balaban J connectivity index is 2.24. The lowest BCUT2D eigenvalue weighted by Gasteiger charge is -2.22. The molecule has 0 bridgehead atoms. The number of carbonyl (C=O) groups is 1. The van der Waals surface area contributed by atoms with Gasteiger partial charge in [0.2, 0.25) is 0 Å². The molecule has 0 aliphatic carbocycles. The molecular weight excluding hydrogens is 266 g/mol. The van der Waals surface area contributed by atoms with E-state index in [0.29, 0.717) is 17.8 Å². The number of aromatic nitrogens is 1. The van der Waals surface area contributed by atoms with Crippen LogP contribution >= 0.6 is 11.6 Å². The number of carboxylic acids is 1. The molecular formula is C13H18ClN3O2. The number of likely N-dealkylation sites (N-methyl/N-ethyl adjacent to an activating group) is 1. The summed E-state index contributed by atoms with van der Waals surface area (Å²) in [5, 5.41) is 9.23. The summed E-state index contributed by atoms with van der Waals surface area (Å²) >= 11 is 5.84. The van der Waals surface area contributed by atoms with Gasteiger partial charge in [0.05, 0.1) is 5.02 Å². The fourth-order valence-electron chi connectivity index (χ4n) is 2.57. The van der Waals surface area contributed by atoms with Gasteiger partial charge in [-0.25, -0.2) is 9.78 Å². The van der Waals surface area contributed by atoms with E-state index in [2.05, 4.69) is 35.8 Å². The summed E-state index contributed by atoms with van der Waals surface area (Å²) in [6.07, 6.45) is 0. The predicted molar refractivity (Wildman–Crippen MR) is 75.1 cm³/mol. The molecule has 1 saturated heterocycles. The quantitative estimate of drug-likeness (QED) is 0.917. The maximum atomic E-state index is 11.1. The Kier molecular flexibility index (Phi) is 3.96. The fourth-order valence-corrected chi connectivity index (χ4v) is 2.75. The molecule has 1 N–H and O–H groups in total. The average molecular weight is 284 g/mol. The molecule has 1 fully saturated rings. The van der Waals surface area contributed by atoms with E-state index in [-0.39, 0.29) is 10.7 Å². The smallest absolute Gasteiger partial charge is 0.356 e. The van der Waals surface area contributed by atoms with Gasteiger partial charge in [-0.15, -0.1) is 0 Å². The van der Waals surface area contributed by atoms with E-state index >= 15 is 0 Å². The predicted octanol–water partition coefficient (Wildman–Crippen LogP) is 1.82. The van der Waals surface area contributed by atoms with Gasteiger partial charge in [0, 0.05) is 19.1 Å². The summed E-state index contributed by atoms with van der Waals surface area (Å²) in [6, 6.07) is 3.83. The van der Waals surface area contributed by atoms with Crippen molar-refractivity contribution in [2.45, 2.75) is 13.0 Å². The minimum Gasteiger partial charge on any atom is -0.476 e. The number of hydrogen-bond acceptors (Lipinski definition) is 4. The van der Waals surface area contributed by atoms with Crippen molar-refractivity contribution in [3.8, 4) is 0 Å². The van der Waals surface area contributed by atoms with Crippen molar-refractivity contribution in [3.05, 3.63) is 22.8 Å². The largest absolute Gasteiger partial charge is 0.476 e. The van der Waals surface area contributed by atoms with Gasteiger partial charge in [-0.1, -0.05) is 18.5 Å². The SMILES string of the molecule is CC1CN(c2ccc(Cl)c(C(=O)O)n2)CC1N(C)C. The molecule has 1 aliphatic heterocycles. The zero-order valence-corrected chi connectivity index (χ0v) is 12.1. The first kappa shape index (κ1) is 14.1. The lowest BCUT2D eigenvalue weighted by atomic mass is 10.1. The van der Waals surface area contributed by atoms with Crippen molar-refractivity contribution < 1.29 is 9.90 Å². The van der Waals surface area contributed by atoms with E-state index in [1.54, 1.807) is 12.1 Å². The van der Waals surface area contributed by atoms with Crippen LogP contribution in [0, 0.1) is 5.92 Å². The monoisotopic (exact) mass is 283 g/mol. The first-order chi connectivity index (χ1) is 8.90. The Bertz CT molecular complexity index is 493. The third kappa shape index (κ3) is 2.82. The van der Waals surface area contributed by atoms with E-state index in [1.165, 1.54) is 0 Å². The lowest BCUT2D eigenvalue weighted by Crippen LogP contribution is -2.34. The number of aromatic carboxylic acids is 1. The van der Waals surface area contributed by atoms with Crippen molar-refractivity contribution >= 4 is 23.4 Å². The van der Waals surface area contributed by atoms with Crippen LogP contribution in [0.2, 0.25) is 5.02 Å². The van der Waals surface area contributed by atoms with Gasteiger partial charge in [0.15, 0.2) is 5.69 Å². The molecule has 2 rings (SSSR count). The Morgan fingerprint density at radius 2 is 2.16 bits per heavy atom. The highest BCUT2D eigenvalue weighted by Gasteiger charge is 2.32. The van der Waals surface area contributed by atoms with Crippen molar-refractivity contribution in [1.82, 2.24) is 9.88 Å². The van der Waals surface area contributed by atoms with Crippen LogP contribution in [0.15, 0.2) is 12.1 Å². The molecule has 104 valence electrons. The van der Waals surface area contributed by atoms with Gasteiger partial charge in [-0.3, -0.25) is 0 Å². The van der Waals surface area contributed by atoms with Gasteiger partial charge in [-0.05, 0) is 32.1 Å². The lowest BCUT2D eigenvalue weighted by molar-refractivity contribution is 0.0691. The van der Waals surface area contributed by atoms with Gasteiger partial charge >= 0.3 is 5.97 Å². The summed E-state index contributed by atoms with van der Waals surface area (Å²) in [4.78, 5) is 19.5. The Morgan fingerprint density at radius 3 is 2.68 bits per heavy atom. The van der Waals surface area contributed by atoms with E-state index in [4.69, 9.17) is 16.7 Å². The molecule has 1 aromatic heterocycles. The van der Waals surface area contributed by atoms with E-state index in [9.17, 15) is 4.79 Å². The maximum absolute atomic E-state index is 11.1. The molecule has 0 aromatic carbocycles. The van der Waals surface area contributed by atoms with Crippen LogP contribution < -0.4 is 4.90 Å². The van der Waals surface area contributed by atoms with E-state index in [0.717, 1.165) is 13.1 Å². The zero-order chi connectivity index (χ0) is 14.2. The average Bonchev–Trinajstić information content (AvgIpc) is 2.71. The molecule has 2 heterocycles. The molecule has 1 aromatic rings. The summed E-state index contributed by atoms with van der Waals surface area (Å²) in [5.74, 6) is 0.0991. The van der Waals surface area contributed by atoms with Crippen LogP contribution in [0.3, 0.4) is 0 Å².